The second-order valence-corrected chi connectivity index (χ2v) is 11.8. The predicted molar refractivity (Wildman–Crippen MR) is 174 cm³/mol. The van der Waals surface area contributed by atoms with E-state index in [1.807, 2.05) is 99.6 Å². The van der Waals surface area contributed by atoms with Gasteiger partial charge in [-0.05, 0) is 69.4 Å². The van der Waals surface area contributed by atoms with E-state index in [-0.39, 0.29) is 12.8 Å². The first-order valence-corrected chi connectivity index (χ1v) is 14.9. The van der Waals surface area contributed by atoms with Crippen molar-refractivity contribution >= 4 is 28.7 Å². The van der Waals surface area contributed by atoms with E-state index in [0.29, 0.717) is 12.1 Å². The minimum atomic E-state index is -1.20. The summed E-state index contributed by atoms with van der Waals surface area (Å²) in [4.78, 5) is 44.6. The molecule has 3 aromatic carbocycles. The zero-order valence-corrected chi connectivity index (χ0v) is 25.9. The Bertz CT molecular complexity index is 1800. The monoisotopic (exact) mass is 606 g/mol. The number of aromatic amines is 1. The number of aromatic nitrogens is 1. The lowest BCUT2D eigenvalue weighted by molar-refractivity contribution is -0.142. The van der Waals surface area contributed by atoms with Crippen LogP contribution in [-0.4, -0.2) is 59.0 Å². The molecule has 0 spiro atoms. The number of hydrogen-bond acceptors (Lipinski definition) is 5. The maximum absolute atomic E-state index is 13.7. The Balaban J connectivity index is 1.37. The molecule has 0 aliphatic rings. The van der Waals surface area contributed by atoms with Gasteiger partial charge in [0, 0.05) is 41.1 Å². The molecular formula is C36H38N4O5. The molecule has 5 aromatic rings. The van der Waals surface area contributed by atoms with Crippen molar-refractivity contribution in [1.82, 2.24) is 20.5 Å². The first-order chi connectivity index (χ1) is 21.5. The van der Waals surface area contributed by atoms with Gasteiger partial charge in [-0.3, -0.25) is 9.59 Å². The SMILES string of the molecule is Cc1cc(C)cc(C(=O)N[C@H](Cc2ccc(-c3ccc(CN(C)C)o3)cc2)C(=O)N[C@@H](Cc2c[nH]c3ccccc23)C(=O)O)c1. The molecule has 5 rings (SSSR count). The number of hydrogen-bond donors (Lipinski definition) is 4. The lowest BCUT2D eigenvalue weighted by Crippen LogP contribution is -2.53. The normalized spacial score (nSPS) is 12.6. The van der Waals surface area contributed by atoms with Crippen LogP contribution in [0.1, 0.15) is 38.4 Å². The number of H-pyrrole nitrogens is 1. The summed E-state index contributed by atoms with van der Waals surface area (Å²) in [5.41, 5.74) is 5.61. The first-order valence-electron chi connectivity index (χ1n) is 14.9. The van der Waals surface area contributed by atoms with Gasteiger partial charge >= 0.3 is 5.97 Å². The third-order valence-corrected chi connectivity index (χ3v) is 7.63. The number of nitrogens with one attached hydrogen (secondary N) is 3. The number of fused-ring (bicyclic) bond motifs is 1. The van der Waals surface area contributed by atoms with Crippen LogP contribution in [-0.2, 0) is 29.0 Å². The second-order valence-electron chi connectivity index (χ2n) is 11.8. The fraction of sp³-hybridized carbons (Fsp3) is 0.250. The topological polar surface area (TPSA) is 128 Å². The highest BCUT2D eigenvalue weighted by atomic mass is 16.4. The number of benzene rings is 3. The summed E-state index contributed by atoms with van der Waals surface area (Å²) in [6.45, 7) is 4.49. The Morgan fingerprint density at radius 1 is 0.867 bits per heavy atom. The molecule has 0 radical (unpaired) electrons. The molecule has 2 amide bonds. The van der Waals surface area contributed by atoms with Crippen LogP contribution < -0.4 is 10.6 Å². The summed E-state index contributed by atoms with van der Waals surface area (Å²) >= 11 is 0. The maximum atomic E-state index is 13.7. The molecule has 9 heteroatoms. The molecule has 9 nitrogen and oxygen atoms in total. The van der Waals surface area contributed by atoms with Crippen LogP contribution in [0.5, 0.6) is 0 Å². The number of carbonyl (C=O) groups excluding carboxylic acids is 2. The molecule has 0 saturated heterocycles. The van der Waals surface area contributed by atoms with Gasteiger partial charge in [0.1, 0.15) is 23.6 Å². The lowest BCUT2D eigenvalue weighted by Gasteiger charge is -2.22. The molecule has 2 atom stereocenters. The number of carboxylic acids is 1. The fourth-order valence-electron chi connectivity index (χ4n) is 5.52. The number of aryl methyl sites for hydroxylation is 2. The van der Waals surface area contributed by atoms with E-state index in [1.165, 1.54) is 0 Å². The van der Waals surface area contributed by atoms with Crippen molar-refractivity contribution in [2.75, 3.05) is 14.1 Å². The molecule has 0 bridgehead atoms. The van der Waals surface area contributed by atoms with E-state index in [4.69, 9.17) is 4.42 Å². The fourth-order valence-corrected chi connectivity index (χ4v) is 5.52. The highest BCUT2D eigenvalue weighted by molar-refractivity contribution is 5.98. The molecule has 0 fully saturated rings. The molecule has 0 unspecified atom stereocenters. The molecule has 4 N–H and O–H groups in total. The molecule has 2 heterocycles. The highest BCUT2D eigenvalue weighted by Gasteiger charge is 2.28. The van der Waals surface area contributed by atoms with Crippen LogP contribution in [0, 0.1) is 13.8 Å². The average molecular weight is 607 g/mol. The summed E-state index contributed by atoms with van der Waals surface area (Å²) < 4.78 is 5.98. The van der Waals surface area contributed by atoms with E-state index in [2.05, 4.69) is 15.6 Å². The van der Waals surface area contributed by atoms with Crippen molar-refractivity contribution in [1.29, 1.82) is 0 Å². The molecule has 45 heavy (non-hydrogen) atoms. The number of rotatable bonds is 12. The number of furan rings is 1. The van der Waals surface area contributed by atoms with Gasteiger partial charge in [0.2, 0.25) is 5.91 Å². The van der Waals surface area contributed by atoms with Gasteiger partial charge < -0.3 is 30.0 Å². The highest BCUT2D eigenvalue weighted by Crippen LogP contribution is 2.24. The van der Waals surface area contributed by atoms with Crippen LogP contribution in [0.4, 0.5) is 0 Å². The first kappa shape index (κ1) is 31.3. The van der Waals surface area contributed by atoms with Crippen LogP contribution >= 0.6 is 0 Å². The van der Waals surface area contributed by atoms with Crippen molar-refractivity contribution in [3.63, 3.8) is 0 Å². The zero-order valence-electron chi connectivity index (χ0n) is 25.9. The van der Waals surface area contributed by atoms with Crippen LogP contribution in [0.2, 0.25) is 0 Å². The summed E-state index contributed by atoms with van der Waals surface area (Å²) in [6, 6.07) is 22.3. The Kier molecular flexibility index (Phi) is 9.49. The van der Waals surface area contributed by atoms with Crippen molar-refractivity contribution in [3.8, 4) is 11.3 Å². The van der Waals surface area contributed by atoms with Gasteiger partial charge in [-0.1, -0.05) is 59.7 Å². The third-order valence-electron chi connectivity index (χ3n) is 7.63. The van der Waals surface area contributed by atoms with Gasteiger partial charge in [0.25, 0.3) is 5.91 Å². The van der Waals surface area contributed by atoms with Crippen LogP contribution in [0.3, 0.4) is 0 Å². The number of aliphatic carboxylic acids is 1. The van der Waals surface area contributed by atoms with Crippen LogP contribution in [0.15, 0.2) is 89.5 Å². The second kappa shape index (κ2) is 13.7. The van der Waals surface area contributed by atoms with Gasteiger partial charge in [-0.25, -0.2) is 4.79 Å². The third kappa shape index (κ3) is 7.87. The summed E-state index contributed by atoms with van der Waals surface area (Å²) in [6.07, 6.45) is 2.00. The van der Waals surface area contributed by atoms with E-state index in [1.54, 1.807) is 18.3 Å². The molecule has 232 valence electrons. The minimum absolute atomic E-state index is 0.0798. The van der Waals surface area contributed by atoms with Crippen LogP contribution in [0.25, 0.3) is 22.2 Å². The lowest BCUT2D eigenvalue weighted by atomic mass is 10.0. The van der Waals surface area contributed by atoms with Gasteiger partial charge in [0.15, 0.2) is 0 Å². The van der Waals surface area contributed by atoms with Crippen molar-refractivity contribution in [3.05, 3.63) is 119 Å². The standard InChI is InChI=1S/C36H38N4O5/c1-22-15-23(2)17-26(16-22)34(41)38-31(18-24-9-11-25(12-10-24)33-14-13-28(45-33)21-40(3)4)35(42)39-32(36(43)44)19-27-20-37-30-8-6-5-7-29(27)30/h5-17,20,31-32,37H,18-19,21H2,1-4H3,(H,38,41)(H,39,42)(H,43,44)/t31-,32+/m1/s1. The van der Waals surface area contributed by atoms with E-state index in [0.717, 1.165) is 50.2 Å². The van der Waals surface area contributed by atoms with Crippen molar-refractivity contribution in [2.24, 2.45) is 0 Å². The number of para-hydroxylation sites is 1. The molecule has 0 aliphatic carbocycles. The minimum Gasteiger partial charge on any atom is -0.480 e. The quantitative estimate of drug-likeness (QED) is 0.153. The Morgan fingerprint density at radius 2 is 1.58 bits per heavy atom. The summed E-state index contributed by atoms with van der Waals surface area (Å²) in [5, 5.41) is 16.5. The number of carbonyl (C=O) groups is 3. The Morgan fingerprint density at radius 3 is 2.27 bits per heavy atom. The van der Waals surface area contributed by atoms with E-state index < -0.39 is 29.9 Å². The largest absolute Gasteiger partial charge is 0.480 e. The average Bonchev–Trinajstić information content (AvgIpc) is 3.63. The maximum Gasteiger partial charge on any atom is 0.326 e. The Labute approximate surface area is 262 Å². The predicted octanol–water partition coefficient (Wildman–Crippen LogP) is 5.26. The molecule has 2 aromatic heterocycles. The summed E-state index contributed by atoms with van der Waals surface area (Å²) in [7, 11) is 3.95. The number of nitrogens with zero attached hydrogens (tertiary/aromatic N) is 1. The van der Waals surface area contributed by atoms with Gasteiger partial charge in [-0.2, -0.15) is 0 Å². The number of carboxylic acid groups (broad SMARTS) is 1. The molecular weight excluding hydrogens is 568 g/mol. The van der Waals surface area contributed by atoms with E-state index in [9.17, 15) is 19.5 Å². The van der Waals surface area contributed by atoms with Crippen molar-refractivity contribution in [2.45, 2.75) is 45.3 Å². The molecule has 0 saturated carbocycles. The van der Waals surface area contributed by atoms with E-state index >= 15 is 0 Å². The van der Waals surface area contributed by atoms with Gasteiger partial charge in [-0.15, -0.1) is 0 Å². The summed E-state index contributed by atoms with van der Waals surface area (Å²) in [5.74, 6) is -0.568. The van der Waals surface area contributed by atoms with Gasteiger partial charge in [0.05, 0.1) is 6.54 Å². The van der Waals surface area contributed by atoms with Crippen molar-refractivity contribution < 1.29 is 23.9 Å². The zero-order chi connectivity index (χ0) is 32.1. The Hall–Kier alpha value is -5.15. The number of amides is 2. The smallest absolute Gasteiger partial charge is 0.326 e. The molecule has 0 aliphatic heterocycles.